The number of carbonyl (C=O) groups is 1. The smallest absolute Gasteiger partial charge is 0.349 e. The van der Waals surface area contributed by atoms with Crippen molar-refractivity contribution in [3.8, 4) is 0 Å². The molecule has 0 aliphatic rings. The van der Waals surface area contributed by atoms with E-state index in [4.69, 9.17) is 4.42 Å². The van der Waals surface area contributed by atoms with E-state index < -0.39 is 17.3 Å². The van der Waals surface area contributed by atoms with E-state index in [9.17, 15) is 14.0 Å². The van der Waals surface area contributed by atoms with Crippen molar-refractivity contribution in [1.82, 2.24) is 5.32 Å². The Labute approximate surface area is 115 Å². The molecule has 1 heterocycles. The van der Waals surface area contributed by atoms with Crippen molar-refractivity contribution in [2.75, 3.05) is 6.54 Å². The molecule has 5 heteroatoms. The maximum absolute atomic E-state index is 13.0. The number of benzene rings is 1. The molecule has 0 saturated carbocycles. The Kier molecular flexibility index (Phi) is 4.50. The Morgan fingerprint density at radius 2 is 2.10 bits per heavy atom. The monoisotopic (exact) mass is 277 g/mol. The van der Waals surface area contributed by atoms with Gasteiger partial charge < -0.3 is 9.73 Å². The van der Waals surface area contributed by atoms with Gasteiger partial charge >= 0.3 is 5.63 Å². The fourth-order valence-corrected chi connectivity index (χ4v) is 1.92. The van der Waals surface area contributed by atoms with Gasteiger partial charge in [-0.1, -0.05) is 19.8 Å². The molecule has 0 aliphatic carbocycles. The van der Waals surface area contributed by atoms with Gasteiger partial charge in [-0.15, -0.1) is 0 Å². The molecule has 0 spiro atoms. The quantitative estimate of drug-likeness (QED) is 0.675. The van der Waals surface area contributed by atoms with Gasteiger partial charge in [0.15, 0.2) is 0 Å². The summed E-state index contributed by atoms with van der Waals surface area (Å²) in [4.78, 5) is 23.6. The first-order valence-electron chi connectivity index (χ1n) is 6.63. The zero-order valence-corrected chi connectivity index (χ0v) is 11.2. The number of hydrogen-bond donors (Lipinski definition) is 1. The maximum Gasteiger partial charge on any atom is 0.349 e. The minimum atomic E-state index is -0.754. The summed E-state index contributed by atoms with van der Waals surface area (Å²) in [6.45, 7) is 2.59. The van der Waals surface area contributed by atoms with Crippen LogP contribution in [0.5, 0.6) is 0 Å². The van der Waals surface area contributed by atoms with Crippen molar-refractivity contribution < 1.29 is 13.6 Å². The lowest BCUT2D eigenvalue weighted by Gasteiger charge is -2.04. The van der Waals surface area contributed by atoms with Crippen LogP contribution in [0.2, 0.25) is 0 Å². The summed E-state index contributed by atoms with van der Waals surface area (Å²) in [6, 6.07) is 5.28. The molecular formula is C15H16FNO3. The highest BCUT2D eigenvalue weighted by molar-refractivity contribution is 5.96. The maximum atomic E-state index is 13.0. The Balaban J connectivity index is 2.21. The number of fused-ring (bicyclic) bond motifs is 1. The largest absolute Gasteiger partial charge is 0.422 e. The number of carbonyl (C=O) groups excluding carboxylic acids is 1. The fraction of sp³-hybridized carbons (Fsp3) is 0.333. The number of rotatable bonds is 5. The van der Waals surface area contributed by atoms with Crippen LogP contribution in [0.3, 0.4) is 0 Å². The Morgan fingerprint density at radius 3 is 2.85 bits per heavy atom. The molecule has 2 aromatic rings. The highest BCUT2D eigenvalue weighted by Crippen LogP contribution is 2.14. The molecular weight excluding hydrogens is 261 g/mol. The third-order valence-electron chi connectivity index (χ3n) is 3.01. The topological polar surface area (TPSA) is 59.3 Å². The number of hydrogen-bond acceptors (Lipinski definition) is 3. The minimum Gasteiger partial charge on any atom is -0.422 e. The van der Waals surface area contributed by atoms with E-state index >= 15 is 0 Å². The molecule has 4 nitrogen and oxygen atoms in total. The van der Waals surface area contributed by atoms with Gasteiger partial charge in [-0.3, -0.25) is 4.79 Å². The molecule has 0 fully saturated rings. The molecule has 1 aromatic carbocycles. The molecule has 0 aliphatic heterocycles. The second kappa shape index (κ2) is 6.32. The predicted molar refractivity (Wildman–Crippen MR) is 74.3 cm³/mol. The van der Waals surface area contributed by atoms with Crippen molar-refractivity contribution in [3.05, 3.63) is 46.1 Å². The summed E-state index contributed by atoms with van der Waals surface area (Å²) in [5, 5.41) is 3.20. The van der Waals surface area contributed by atoms with Crippen LogP contribution in [0.1, 0.15) is 36.5 Å². The average molecular weight is 277 g/mol. The Bertz CT molecular complexity index is 678. The van der Waals surface area contributed by atoms with E-state index in [-0.39, 0.29) is 11.1 Å². The fourth-order valence-electron chi connectivity index (χ4n) is 1.92. The third-order valence-corrected chi connectivity index (χ3v) is 3.01. The molecule has 0 radical (unpaired) electrons. The molecule has 0 bridgehead atoms. The van der Waals surface area contributed by atoms with E-state index in [1.165, 1.54) is 18.2 Å². The zero-order valence-electron chi connectivity index (χ0n) is 11.2. The van der Waals surface area contributed by atoms with Crippen LogP contribution in [-0.2, 0) is 0 Å². The Morgan fingerprint density at radius 1 is 1.30 bits per heavy atom. The summed E-state index contributed by atoms with van der Waals surface area (Å²) in [5.41, 5.74) is -0.672. The number of unbranched alkanes of at least 4 members (excludes halogenated alkanes) is 2. The second-order valence-electron chi connectivity index (χ2n) is 4.59. The molecule has 1 amide bonds. The van der Waals surface area contributed by atoms with Gasteiger partial charge in [-0.05, 0) is 24.6 Å². The highest BCUT2D eigenvalue weighted by atomic mass is 19.1. The molecule has 0 atom stereocenters. The summed E-state index contributed by atoms with van der Waals surface area (Å²) in [6.07, 6.45) is 2.94. The minimum absolute atomic E-state index is 0.0550. The standard InChI is InChI=1S/C15H16FNO3/c1-2-3-4-7-17-14(18)12-8-10-5-6-11(16)9-13(10)20-15(12)19/h5-6,8-9H,2-4,7H2,1H3,(H,17,18). The van der Waals surface area contributed by atoms with Crippen LogP contribution in [0.4, 0.5) is 4.39 Å². The lowest BCUT2D eigenvalue weighted by Crippen LogP contribution is -2.29. The van der Waals surface area contributed by atoms with E-state index in [0.29, 0.717) is 11.9 Å². The van der Waals surface area contributed by atoms with Crippen molar-refractivity contribution >= 4 is 16.9 Å². The number of nitrogens with one attached hydrogen (secondary N) is 1. The first kappa shape index (κ1) is 14.2. The third kappa shape index (κ3) is 3.23. The van der Waals surface area contributed by atoms with Crippen LogP contribution < -0.4 is 10.9 Å². The van der Waals surface area contributed by atoms with Crippen LogP contribution in [-0.4, -0.2) is 12.5 Å². The molecule has 0 unspecified atom stereocenters. The summed E-state index contributed by atoms with van der Waals surface area (Å²) < 4.78 is 18.0. The van der Waals surface area contributed by atoms with Gasteiger partial charge in [0.05, 0.1) is 0 Å². The molecule has 0 saturated heterocycles. The van der Waals surface area contributed by atoms with Crippen molar-refractivity contribution in [2.45, 2.75) is 26.2 Å². The second-order valence-corrected chi connectivity index (χ2v) is 4.59. The van der Waals surface area contributed by atoms with Gasteiger partial charge in [0.1, 0.15) is 17.0 Å². The Hall–Kier alpha value is -2.17. The lowest BCUT2D eigenvalue weighted by molar-refractivity contribution is 0.0949. The predicted octanol–water partition coefficient (Wildman–Crippen LogP) is 2.85. The molecule has 20 heavy (non-hydrogen) atoms. The highest BCUT2D eigenvalue weighted by Gasteiger charge is 2.13. The van der Waals surface area contributed by atoms with E-state index in [2.05, 4.69) is 12.2 Å². The van der Waals surface area contributed by atoms with Crippen LogP contribution in [0.25, 0.3) is 11.0 Å². The summed E-state index contributed by atoms with van der Waals surface area (Å²) in [7, 11) is 0. The van der Waals surface area contributed by atoms with Gasteiger partial charge in [0, 0.05) is 18.0 Å². The van der Waals surface area contributed by atoms with E-state index in [1.54, 1.807) is 0 Å². The van der Waals surface area contributed by atoms with Gasteiger partial charge in [0.2, 0.25) is 0 Å². The van der Waals surface area contributed by atoms with Crippen molar-refractivity contribution in [1.29, 1.82) is 0 Å². The summed E-state index contributed by atoms with van der Waals surface area (Å²) >= 11 is 0. The number of halogens is 1. The lowest BCUT2D eigenvalue weighted by atomic mass is 10.1. The molecule has 1 N–H and O–H groups in total. The SMILES string of the molecule is CCCCCNC(=O)c1cc2ccc(F)cc2oc1=O. The van der Waals surface area contributed by atoms with Gasteiger partial charge in [-0.2, -0.15) is 0 Å². The average Bonchev–Trinajstić information content (AvgIpc) is 2.42. The van der Waals surface area contributed by atoms with Gasteiger partial charge in [0.25, 0.3) is 5.91 Å². The normalized spacial score (nSPS) is 10.7. The van der Waals surface area contributed by atoms with Crippen molar-refractivity contribution in [2.24, 2.45) is 0 Å². The first-order chi connectivity index (χ1) is 9.61. The first-order valence-corrected chi connectivity index (χ1v) is 6.63. The van der Waals surface area contributed by atoms with Gasteiger partial charge in [-0.25, -0.2) is 9.18 Å². The van der Waals surface area contributed by atoms with Crippen molar-refractivity contribution in [3.63, 3.8) is 0 Å². The summed E-state index contributed by atoms with van der Waals surface area (Å²) in [5.74, 6) is -0.946. The van der Waals surface area contributed by atoms with Crippen LogP contribution in [0.15, 0.2) is 33.5 Å². The number of amides is 1. The molecule has 2 rings (SSSR count). The van der Waals surface area contributed by atoms with E-state index in [1.807, 2.05) is 0 Å². The molecule has 106 valence electrons. The van der Waals surface area contributed by atoms with Crippen LogP contribution in [0, 0.1) is 5.82 Å². The van der Waals surface area contributed by atoms with Crippen LogP contribution >= 0.6 is 0 Å². The van der Waals surface area contributed by atoms with E-state index in [0.717, 1.165) is 25.3 Å². The molecule has 1 aromatic heterocycles. The zero-order chi connectivity index (χ0) is 14.5.